The van der Waals surface area contributed by atoms with Gasteiger partial charge in [0.1, 0.15) is 0 Å². The molecule has 1 N–H and O–H groups in total. The Balaban J connectivity index is 1.71. The second-order valence-corrected chi connectivity index (χ2v) is 6.50. The molecule has 0 aliphatic carbocycles. The van der Waals surface area contributed by atoms with Gasteiger partial charge in [0.05, 0.1) is 11.8 Å². The van der Waals surface area contributed by atoms with Gasteiger partial charge < -0.3 is 5.32 Å². The number of benzene rings is 2. The summed E-state index contributed by atoms with van der Waals surface area (Å²) in [5.41, 5.74) is 3.57. The molecule has 1 amide bonds. The molecule has 0 radical (unpaired) electrons. The van der Waals surface area contributed by atoms with Crippen LogP contribution in [0.4, 0.5) is 0 Å². The fourth-order valence-corrected chi connectivity index (χ4v) is 3.02. The first kappa shape index (κ1) is 17.4. The number of amides is 1. The maximum Gasteiger partial charge on any atom is 0.230 e. The molecular formula is C20H23NOS. The number of hydrogen-bond acceptors (Lipinski definition) is 2. The Morgan fingerprint density at radius 1 is 1.13 bits per heavy atom. The quantitative estimate of drug-likeness (QED) is 0.753. The first-order valence-corrected chi connectivity index (χ1v) is 8.96. The number of carbonyl (C=O) groups is 1. The lowest BCUT2D eigenvalue weighted by Gasteiger charge is -2.16. The molecule has 120 valence electrons. The second kappa shape index (κ2) is 9.21. The number of carbonyl (C=O) groups excluding carboxylic acids is 1. The monoisotopic (exact) mass is 325 g/mol. The molecule has 3 heteroatoms. The molecule has 0 saturated carbocycles. The van der Waals surface area contributed by atoms with Gasteiger partial charge in [0.15, 0.2) is 0 Å². The number of aryl methyl sites for hydroxylation is 1. The summed E-state index contributed by atoms with van der Waals surface area (Å²) < 4.78 is 0. The number of rotatable bonds is 7. The van der Waals surface area contributed by atoms with E-state index in [9.17, 15) is 4.79 Å². The molecule has 0 fully saturated rings. The van der Waals surface area contributed by atoms with E-state index in [0.29, 0.717) is 5.75 Å². The highest BCUT2D eigenvalue weighted by atomic mass is 32.2. The summed E-state index contributed by atoms with van der Waals surface area (Å²) in [6.07, 6.45) is 4.18. The van der Waals surface area contributed by atoms with E-state index >= 15 is 0 Å². The molecule has 1 atom stereocenters. The Morgan fingerprint density at radius 3 is 2.57 bits per heavy atom. The lowest BCUT2D eigenvalue weighted by Crippen LogP contribution is -2.28. The summed E-state index contributed by atoms with van der Waals surface area (Å²) in [6, 6.07) is 18.4. The minimum atomic E-state index is 0.0455. The van der Waals surface area contributed by atoms with Crippen LogP contribution >= 0.6 is 11.8 Å². The second-order valence-electron chi connectivity index (χ2n) is 5.47. The smallest absolute Gasteiger partial charge is 0.230 e. The lowest BCUT2D eigenvalue weighted by atomic mass is 10.0. The first-order valence-electron chi connectivity index (χ1n) is 7.81. The van der Waals surface area contributed by atoms with Gasteiger partial charge in [-0.25, -0.2) is 0 Å². The fraction of sp³-hybridized carbons (Fsp3) is 0.250. The van der Waals surface area contributed by atoms with Gasteiger partial charge in [0.2, 0.25) is 5.91 Å². The van der Waals surface area contributed by atoms with Gasteiger partial charge >= 0.3 is 0 Å². The molecule has 1 unspecified atom stereocenters. The van der Waals surface area contributed by atoms with Gasteiger partial charge in [-0.1, -0.05) is 66.7 Å². The van der Waals surface area contributed by atoms with Crippen molar-refractivity contribution in [2.24, 2.45) is 0 Å². The van der Waals surface area contributed by atoms with E-state index in [-0.39, 0.29) is 11.9 Å². The molecule has 0 saturated heterocycles. The molecule has 23 heavy (non-hydrogen) atoms. The van der Waals surface area contributed by atoms with Crippen molar-refractivity contribution in [2.45, 2.75) is 19.9 Å². The van der Waals surface area contributed by atoms with E-state index in [4.69, 9.17) is 0 Å². The highest BCUT2D eigenvalue weighted by molar-refractivity contribution is 8.00. The van der Waals surface area contributed by atoms with Crippen LogP contribution in [0.1, 0.15) is 29.7 Å². The minimum Gasteiger partial charge on any atom is -0.349 e. The van der Waals surface area contributed by atoms with E-state index in [0.717, 1.165) is 5.75 Å². The average molecular weight is 325 g/mol. The molecule has 2 nitrogen and oxygen atoms in total. The fourth-order valence-electron chi connectivity index (χ4n) is 2.40. The minimum absolute atomic E-state index is 0.0455. The van der Waals surface area contributed by atoms with E-state index in [1.807, 2.05) is 37.3 Å². The lowest BCUT2D eigenvalue weighted by molar-refractivity contribution is -0.119. The zero-order chi connectivity index (χ0) is 16.5. The predicted molar refractivity (Wildman–Crippen MR) is 101 cm³/mol. The Labute approximate surface area is 143 Å². The van der Waals surface area contributed by atoms with Crippen LogP contribution in [0.3, 0.4) is 0 Å². The van der Waals surface area contributed by atoms with Crippen molar-refractivity contribution in [1.82, 2.24) is 5.32 Å². The standard InChI is InChI=1S/C20H23NOS/c1-16-9-6-7-13-19(16)17(2)21-20(22)15-23-14-8-12-18-10-4-3-5-11-18/h3-13,17H,14-15H2,1-2H3,(H,21,22)/b12-8+. The van der Waals surface area contributed by atoms with Crippen LogP contribution in [-0.4, -0.2) is 17.4 Å². The van der Waals surface area contributed by atoms with Crippen LogP contribution in [0.25, 0.3) is 6.08 Å². The van der Waals surface area contributed by atoms with Gasteiger partial charge in [-0.2, -0.15) is 0 Å². The van der Waals surface area contributed by atoms with E-state index in [1.54, 1.807) is 11.8 Å². The Bertz CT molecular complexity index is 652. The molecule has 2 aromatic carbocycles. The Hall–Kier alpha value is -2.00. The van der Waals surface area contributed by atoms with Gasteiger partial charge in [-0.3, -0.25) is 4.79 Å². The molecule has 0 aliphatic heterocycles. The third-order valence-electron chi connectivity index (χ3n) is 3.59. The van der Waals surface area contributed by atoms with Crippen molar-refractivity contribution in [3.63, 3.8) is 0 Å². The number of nitrogens with one attached hydrogen (secondary N) is 1. The van der Waals surface area contributed by atoms with E-state index < -0.39 is 0 Å². The van der Waals surface area contributed by atoms with Crippen LogP contribution in [0.15, 0.2) is 60.7 Å². The summed E-state index contributed by atoms with van der Waals surface area (Å²) in [7, 11) is 0. The first-order chi connectivity index (χ1) is 11.2. The van der Waals surface area contributed by atoms with Gasteiger partial charge in [0, 0.05) is 5.75 Å². The Kier molecular flexibility index (Phi) is 6.95. The topological polar surface area (TPSA) is 29.1 Å². The normalized spacial score (nSPS) is 12.3. The van der Waals surface area contributed by atoms with Crippen LogP contribution in [0, 0.1) is 6.92 Å². The maximum atomic E-state index is 12.0. The summed E-state index contributed by atoms with van der Waals surface area (Å²) in [4.78, 5) is 12.0. The molecule has 0 heterocycles. The zero-order valence-corrected chi connectivity index (χ0v) is 14.5. The summed E-state index contributed by atoms with van der Waals surface area (Å²) in [5.74, 6) is 1.40. The molecule has 0 bridgehead atoms. The van der Waals surface area contributed by atoms with Crippen molar-refractivity contribution in [1.29, 1.82) is 0 Å². The van der Waals surface area contributed by atoms with Crippen molar-refractivity contribution in [2.75, 3.05) is 11.5 Å². The van der Waals surface area contributed by atoms with Gasteiger partial charge in [-0.05, 0) is 30.5 Å². The predicted octanol–water partition coefficient (Wildman–Crippen LogP) is 4.62. The number of hydrogen-bond donors (Lipinski definition) is 1. The van der Waals surface area contributed by atoms with Crippen LogP contribution in [-0.2, 0) is 4.79 Å². The third kappa shape index (κ3) is 5.95. The molecule has 0 aromatic heterocycles. The Morgan fingerprint density at radius 2 is 1.83 bits per heavy atom. The highest BCUT2D eigenvalue weighted by Crippen LogP contribution is 2.16. The van der Waals surface area contributed by atoms with Crippen LogP contribution in [0.2, 0.25) is 0 Å². The van der Waals surface area contributed by atoms with Gasteiger partial charge in [0.25, 0.3) is 0 Å². The van der Waals surface area contributed by atoms with Gasteiger partial charge in [-0.15, -0.1) is 11.8 Å². The average Bonchev–Trinajstić information content (AvgIpc) is 2.56. The molecule has 0 spiro atoms. The zero-order valence-electron chi connectivity index (χ0n) is 13.7. The third-order valence-corrected chi connectivity index (χ3v) is 4.48. The summed E-state index contributed by atoms with van der Waals surface area (Å²) >= 11 is 1.62. The molecular weight excluding hydrogens is 302 g/mol. The van der Waals surface area contributed by atoms with Crippen molar-refractivity contribution in [3.05, 3.63) is 77.4 Å². The summed E-state index contributed by atoms with van der Waals surface area (Å²) in [5, 5.41) is 3.06. The van der Waals surface area contributed by atoms with Crippen molar-refractivity contribution < 1.29 is 4.79 Å². The molecule has 2 rings (SSSR count). The molecule has 0 aliphatic rings. The van der Waals surface area contributed by atoms with E-state index in [2.05, 4.69) is 48.7 Å². The van der Waals surface area contributed by atoms with Crippen molar-refractivity contribution in [3.8, 4) is 0 Å². The van der Waals surface area contributed by atoms with Crippen molar-refractivity contribution >= 4 is 23.7 Å². The van der Waals surface area contributed by atoms with Crippen LogP contribution in [0.5, 0.6) is 0 Å². The maximum absolute atomic E-state index is 12.0. The number of thioether (sulfide) groups is 1. The largest absolute Gasteiger partial charge is 0.349 e. The summed E-state index contributed by atoms with van der Waals surface area (Å²) in [6.45, 7) is 4.10. The van der Waals surface area contributed by atoms with E-state index in [1.165, 1.54) is 16.7 Å². The van der Waals surface area contributed by atoms with Crippen LogP contribution < -0.4 is 5.32 Å². The SMILES string of the molecule is Cc1ccccc1C(C)NC(=O)CSC/C=C/c1ccccc1. The molecule has 2 aromatic rings. The highest BCUT2D eigenvalue weighted by Gasteiger charge is 2.10.